The lowest BCUT2D eigenvalue weighted by Gasteiger charge is -2.39. The number of amides is 1. The van der Waals surface area contributed by atoms with E-state index in [-0.39, 0.29) is 24.1 Å². The minimum atomic E-state index is -0.638. The number of nitrogens with zero attached hydrogens (tertiary/aromatic N) is 1. The van der Waals surface area contributed by atoms with Crippen LogP contribution in [0.5, 0.6) is 0 Å². The maximum atomic E-state index is 13.8. The topological polar surface area (TPSA) is 55.4 Å². The number of esters is 1. The van der Waals surface area contributed by atoms with E-state index in [1.165, 1.54) is 6.07 Å². The molecule has 0 saturated heterocycles. The number of hydrogen-bond donors (Lipinski definition) is 1. The highest BCUT2D eigenvalue weighted by Gasteiger charge is 2.36. The van der Waals surface area contributed by atoms with Crippen LogP contribution in [0.15, 0.2) is 12.1 Å². The average molecular weight is 367 g/mol. The number of carbonyl (C=O) groups is 2. The Kier molecular flexibility index (Phi) is 8.21. The number of anilines is 1. The quantitative estimate of drug-likeness (QED) is 0.532. The number of ether oxygens (including phenoxy) is 1. The molecule has 5 nitrogen and oxygen atoms in total. The summed E-state index contributed by atoms with van der Waals surface area (Å²) < 4.78 is 19.4. The standard InChI is InChI=1S/C20H31FN2O3/c1-7-11-17(23(6,8-2)9-3)19(24)22-18-14(5)12-15(21)13-16(18)20(25)26-10-4/h12-13,17H,7-11H2,1-6H3/p+1. The van der Waals surface area contributed by atoms with Crippen LogP contribution in [0.4, 0.5) is 10.1 Å². The molecule has 1 atom stereocenters. The van der Waals surface area contributed by atoms with Crippen molar-refractivity contribution in [3.8, 4) is 0 Å². The van der Waals surface area contributed by atoms with Gasteiger partial charge in [-0.2, -0.15) is 0 Å². The van der Waals surface area contributed by atoms with Gasteiger partial charge in [0.2, 0.25) is 0 Å². The van der Waals surface area contributed by atoms with Crippen molar-refractivity contribution >= 4 is 17.6 Å². The first-order chi connectivity index (χ1) is 12.2. The molecule has 0 aliphatic heterocycles. The van der Waals surface area contributed by atoms with Crippen LogP contribution in [-0.2, 0) is 9.53 Å². The summed E-state index contributed by atoms with van der Waals surface area (Å²) in [6.45, 7) is 11.3. The Morgan fingerprint density at radius 1 is 1.19 bits per heavy atom. The molecule has 0 spiro atoms. The molecule has 0 fully saturated rings. The lowest BCUT2D eigenvalue weighted by atomic mass is 10.0. The van der Waals surface area contributed by atoms with Crippen LogP contribution in [0.3, 0.4) is 0 Å². The number of rotatable bonds is 9. The fourth-order valence-electron chi connectivity index (χ4n) is 3.15. The molecule has 0 radical (unpaired) electrons. The first-order valence-corrected chi connectivity index (χ1v) is 9.36. The van der Waals surface area contributed by atoms with E-state index in [1.54, 1.807) is 13.8 Å². The Hall–Kier alpha value is -1.95. The second-order valence-electron chi connectivity index (χ2n) is 6.77. The molecule has 1 amide bonds. The first-order valence-electron chi connectivity index (χ1n) is 9.36. The highest BCUT2D eigenvalue weighted by atomic mass is 19.1. The van der Waals surface area contributed by atoms with Gasteiger partial charge in [-0.3, -0.25) is 4.79 Å². The Bertz CT molecular complexity index is 642. The fraction of sp³-hybridized carbons (Fsp3) is 0.600. The Morgan fingerprint density at radius 3 is 2.31 bits per heavy atom. The van der Waals surface area contributed by atoms with E-state index in [1.807, 2.05) is 6.92 Å². The lowest BCUT2D eigenvalue weighted by Crippen LogP contribution is -2.57. The summed E-state index contributed by atoms with van der Waals surface area (Å²) in [7, 11) is 2.06. The van der Waals surface area contributed by atoms with E-state index in [0.717, 1.165) is 32.0 Å². The van der Waals surface area contributed by atoms with Gasteiger partial charge in [0, 0.05) is 6.42 Å². The smallest absolute Gasteiger partial charge is 0.340 e. The van der Waals surface area contributed by atoms with E-state index >= 15 is 0 Å². The number of hydrogen-bond acceptors (Lipinski definition) is 3. The molecule has 0 heterocycles. The molecule has 1 N–H and O–H groups in total. The van der Waals surface area contributed by atoms with Crippen molar-refractivity contribution in [2.45, 2.75) is 53.5 Å². The van der Waals surface area contributed by atoms with Gasteiger partial charge in [-0.25, -0.2) is 9.18 Å². The van der Waals surface area contributed by atoms with Crippen molar-refractivity contribution in [3.63, 3.8) is 0 Å². The summed E-state index contributed by atoms with van der Waals surface area (Å²) in [6.07, 6.45) is 1.61. The average Bonchev–Trinajstić information content (AvgIpc) is 2.61. The summed E-state index contributed by atoms with van der Waals surface area (Å²) >= 11 is 0. The maximum absolute atomic E-state index is 13.8. The zero-order chi connectivity index (χ0) is 19.9. The number of nitrogens with one attached hydrogen (secondary N) is 1. The van der Waals surface area contributed by atoms with Crippen molar-refractivity contribution in [3.05, 3.63) is 29.1 Å². The van der Waals surface area contributed by atoms with Crippen LogP contribution in [0.2, 0.25) is 0 Å². The van der Waals surface area contributed by atoms with Crippen LogP contribution in [0.1, 0.15) is 56.5 Å². The third-order valence-corrected chi connectivity index (χ3v) is 5.11. The molecule has 0 aliphatic carbocycles. The van der Waals surface area contributed by atoms with Crippen LogP contribution in [-0.4, -0.2) is 49.1 Å². The van der Waals surface area contributed by atoms with Crippen LogP contribution >= 0.6 is 0 Å². The van der Waals surface area contributed by atoms with Gasteiger partial charge in [-0.05, 0) is 51.8 Å². The SMILES string of the molecule is CCCC(C(=O)Nc1c(C)cc(F)cc1C(=O)OCC)[N+](C)(CC)CC. The Balaban J connectivity index is 3.27. The summed E-state index contributed by atoms with van der Waals surface area (Å²) in [4.78, 5) is 25.3. The van der Waals surface area contributed by atoms with E-state index in [4.69, 9.17) is 4.74 Å². The molecule has 0 aromatic heterocycles. The predicted octanol–water partition coefficient (Wildman–Crippen LogP) is 3.90. The number of aryl methyl sites for hydroxylation is 1. The van der Waals surface area contributed by atoms with Crippen molar-refractivity contribution in [2.24, 2.45) is 0 Å². The largest absolute Gasteiger partial charge is 0.462 e. The highest BCUT2D eigenvalue weighted by Crippen LogP contribution is 2.25. The number of carbonyl (C=O) groups excluding carboxylic acids is 2. The first kappa shape index (κ1) is 22.1. The van der Waals surface area contributed by atoms with Gasteiger partial charge in [0.15, 0.2) is 6.04 Å². The molecule has 1 rings (SSSR count). The minimum absolute atomic E-state index is 0.0511. The fourth-order valence-corrected chi connectivity index (χ4v) is 3.15. The molecule has 0 aliphatic rings. The van der Waals surface area contributed by atoms with Crippen LogP contribution in [0, 0.1) is 12.7 Å². The van der Waals surface area contributed by atoms with E-state index in [2.05, 4.69) is 26.2 Å². The van der Waals surface area contributed by atoms with Crippen molar-refractivity contribution in [1.29, 1.82) is 0 Å². The normalized spacial score (nSPS) is 12.6. The molecule has 6 heteroatoms. The lowest BCUT2D eigenvalue weighted by molar-refractivity contribution is -0.921. The Morgan fingerprint density at radius 2 is 1.81 bits per heavy atom. The van der Waals surface area contributed by atoms with Gasteiger partial charge >= 0.3 is 5.97 Å². The summed E-state index contributed by atoms with van der Waals surface area (Å²) in [5.41, 5.74) is 0.878. The van der Waals surface area contributed by atoms with Gasteiger partial charge in [0.1, 0.15) is 5.82 Å². The van der Waals surface area contributed by atoms with Gasteiger partial charge in [0.05, 0.1) is 38.0 Å². The second-order valence-corrected chi connectivity index (χ2v) is 6.77. The molecule has 1 unspecified atom stereocenters. The number of benzene rings is 1. The third kappa shape index (κ3) is 5.04. The number of quaternary nitrogens is 1. The van der Waals surface area contributed by atoms with Gasteiger partial charge < -0.3 is 14.5 Å². The predicted molar refractivity (Wildman–Crippen MR) is 102 cm³/mol. The summed E-state index contributed by atoms with van der Waals surface area (Å²) in [6, 6.07) is 2.18. The molecular formula is C20H32FN2O3+. The Labute approximate surface area is 156 Å². The molecular weight excluding hydrogens is 335 g/mol. The number of likely N-dealkylation sites (N-methyl/N-ethyl adjacent to an activating group) is 1. The zero-order valence-corrected chi connectivity index (χ0v) is 16.8. The van der Waals surface area contributed by atoms with E-state index < -0.39 is 11.8 Å². The van der Waals surface area contributed by atoms with Crippen molar-refractivity contribution in [2.75, 3.05) is 32.1 Å². The summed E-state index contributed by atoms with van der Waals surface area (Å²) in [5, 5.41) is 2.88. The number of halogens is 1. The summed E-state index contributed by atoms with van der Waals surface area (Å²) in [5.74, 6) is -1.32. The van der Waals surface area contributed by atoms with E-state index in [0.29, 0.717) is 15.7 Å². The van der Waals surface area contributed by atoms with Gasteiger partial charge in [0.25, 0.3) is 5.91 Å². The van der Waals surface area contributed by atoms with Gasteiger partial charge in [-0.1, -0.05) is 6.92 Å². The third-order valence-electron chi connectivity index (χ3n) is 5.11. The minimum Gasteiger partial charge on any atom is -0.462 e. The van der Waals surface area contributed by atoms with Crippen LogP contribution in [0.25, 0.3) is 0 Å². The molecule has 1 aromatic carbocycles. The zero-order valence-electron chi connectivity index (χ0n) is 16.8. The molecule has 26 heavy (non-hydrogen) atoms. The van der Waals surface area contributed by atoms with Crippen molar-refractivity contribution < 1.29 is 23.2 Å². The maximum Gasteiger partial charge on any atom is 0.340 e. The van der Waals surface area contributed by atoms with Crippen molar-refractivity contribution in [1.82, 2.24) is 0 Å². The molecule has 0 saturated carbocycles. The van der Waals surface area contributed by atoms with Crippen LogP contribution < -0.4 is 5.32 Å². The van der Waals surface area contributed by atoms with E-state index in [9.17, 15) is 14.0 Å². The highest BCUT2D eigenvalue weighted by molar-refractivity contribution is 6.03. The molecule has 1 aromatic rings. The molecule has 0 bridgehead atoms. The molecule has 146 valence electrons. The van der Waals surface area contributed by atoms with Gasteiger partial charge in [-0.15, -0.1) is 0 Å². The second kappa shape index (κ2) is 9.67. The monoisotopic (exact) mass is 367 g/mol.